The van der Waals surface area contributed by atoms with Gasteiger partial charge in [0, 0.05) is 24.3 Å². The molecule has 0 spiro atoms. The smallest absolute Gasteiger partial charge is 0.313 e. The number of primary amides is 1. The molecule has 0 radical (unpaired) electrons. The molecule has 1 aliphatic rings. The van der Waals surface area contributed by atoms with Crippen molar-refractivity contribution in [3.63, 3.8) is 0 Å². The third kappa shape index (κ3) is 3.33. The number of hydrogen-bond donors (Lipinski definition) is 2. The number of hydrogen-bond acceptors (Lipinski definition) is 4. The Kier molecular flexibility index (Phi) is 4.31. The van der Waals surface area contributed by atoms with E-state index < -0.39 is 17.7 Å². The molecule has 7 nitrogen and oxygen atoms in total. The van der Waals surface area contributed by atoms with Gasteiger partial charge in [0.05, 0.1) is 13.2 Å². The molecule has 1 fully saturated rings. The number of nitrogens with one attached hydrogen (secondary N) is 1. The topological polar surface area (TPSA) is 102 Å². The first-order chi connectivity index (χ1) is 9.58. The molecule has 0 aromatic heterocycles. The van der Waals surface area contributed by atoms with Crippen LogP contribution in [0.3, 0.4) is 0 Å². The fraction of sp³-hybridized carbons (Fsp3) is 0.308. The Labute approximate surface area is 115 Å². The molecule has 3 N–H and O–H groups in total. The van der Waals surface area contributed by atoms with E-state index in [2.05, 4.69) is 5.32 Å². The lowest BCUT2D eigenvalue weighted by Gasteiger charge is -2.26. The van der Waals surface area contributed by atoms with E-state index in [1.807, 2.05) is 0 Å². The average Bonchev–Trinajstić information content (AvgIpc) is 2.48. The van der Waals surface area contributed by atoms with Crippen molar-refractivity contribution in [2.75, 3.05) is 31.6 Å². The molecule has 1 aromatic carbocycles. The summed E-state index contributed by atoms with van der Waals surface area (Å²) in [5.41, 5.74) is 5.88. The average molecular weight is 277 g/mol. The number of amides is 3. The van der Waals surface area contributed by atoms with Crippen LogP contribution >= 0.6 is 0 Å². The molecule has 20 heavy (non-hydrogen) atoms. The SMILES string of the molecule is NC(=O)c1ccc(NC(=O)C(=O)N2CCOCC2)cc1. The van der Waals surface area contributed by atoms with Crippen LogP contribution in [0.15, 0.2) is 24.3 Å². The lowest BCUT2D eigenvalue weighted by molar-refractivity contribution is -0.145. The van der Waals surface area contributed by atoms with Crippen LogP contribution in [-0.4, -0.2) is 48.9 Å². The summed E-state index contributed by atoms with van der Waals surface area (Å²) in [5.74, 6) is -1.85. The number of morpholine rings is 1. The van der Waals surface area contributed by atoms with Gasteiger partial charge >= 0.3 is 11.8 Å². The number of nitrogens with two attached hydrogens (primary N) is 1. The highest BCUT2D eigenvalue weighted by atomic mass is 16.5. The Morgan fingerprint density at radius 3 is 2.25 bits per heavy atom. The summed E-state index contributed by atoms with van der Waals surface area (Å²) >= 11 is 0. The Hall–Kier alpha value is -2.41. The lowest BCUT2D eigenvalue weighted by Crippen LogP contribution is -2.45. The first-order valence-electron chi connectivity index (χ1n) is 6.16. The van der Waals surface area contributed by atoms with Crippen molar-refractivity contribution in [2.45, 2.75) is 0 Å². The molecular weight excluding hydrogens is 262 g/mol. The van der Waals surface area contributed by atoms with Gasteiger partial charge in [0.1, 0.15) is 0 Å². The number of carbonyl (C=O) groups excluding carboxylic acids is 3. The van der Waals surface area contributed by atoms with Gasteiger partial charge in [-0.05, 0) is 24.3 Å². The van der Waals surface area contributed by atoms with Gasteiger partial charge in [-0.1, -0.05) is 0 Å². The predicted molar refractivity (Wildman–Crippen MR) is 71.0 cm³/mol. The minimum absolute atomic E-state index is 0.336. The number of benzene rings is 1. The van der Waals surface area contributed by atoms with Crippen LogP contribution in [0.2, 0.25) is 0 Å². The van der Waals surface area contributed by atoms with Crippen LogP contribution in [0.4, 0.5) is 5.69 Å². The Bertz CT molecular complexity index is 521. The predicted octanol–water partition coefficient (Wildman–Crippen LogP) is -0.417. The highest BCUT2D eigenvalue weighted by Crippen LogP contribution is 2.09. The third-order valence-corrected chi connectivity index (χ3v) is 2.92. The van der Waals surface area contributed by atoms with Crippen LogP contribution in [0.25, 0.3) is 0 Å². The first-order valence-corrected chi connectivity index (χ1v) is 6.16. The van der Waals surface area contributed by atoms with Crippen LogP contribution in [0, 0.1) is 0 Å². The van der Waals surface area contributed by atoms with Crippen LogP contribution in [-0.2, 0) is 14.3 Å². The summed E-state index contributed by atoms with van der Waals surface area (Å²) in [6.45, 7) is 1.69. The largest absolute Gasteiger partial charge is 0.378 e. The summed E-state index contributed by atoms with van der Waals surface area (Å²) in [4.78, 5) is 36.0. The van der Waals surface area contributed by atoms with E-state index in [0.29, 0.717) is 37.6 Å². The summed E-state index contributed by atoms with van der Waals surface area (Å²) in [6.07, 6.45) is 0. The number of anilines is 1. The zero-order valence-corrected chi connectivity index (χ0v) is 10.8. The fourth-order valence-electron chi connectivity index (χ4n) is 1.81. The summed E-state index contributed by atoms with van der Waals surface area (Å²) < 4.78 is 5.11. The van der Waals surface area contributed by atoms with E-state index in [-0.39, 0.29) is 0 Å². The number of carbonyl (C=O) groups is 3. The number of ether oxygens (including phenoxy) is 1. The zero-order valence-electron chi connectivity index (χ0n) is 10.8. The van der Waals surface area contributed by atoms with Crippen molar-refractivity contribution in [1.82, 2.24) is 4.90 Å². The monoisotopic (exact) mass is 277 g/mol. The Balaban J connectivity index is 1.96. The summed E-state index contributed by atoms with van der Waals surface area (Å²) in [6, 6.07) is 6.00. The molecule has 0 saturated carbocycles. The van der Waals surface area contributed by atoms with E-state index in [1.54, 1.807) is 0 Å². The number of rotatable bonds is 2. The molecule has 7 heteroatoms. The van der Waals surface area contributed by atoms with Gasteiger partial charge in [0.25, 0.3) is 0 Å². The molecule has 0 bridgehead atoms. The molecule has 0 aliphatic carbocycles. The summed E-state index contributed by atoms with van der Waals surface area (Å²) in [7, 11) is 0. The van der Waals surface area contributed by atoms with Gasteiger partial charge in [-0.15, -0.1) is 0 Å². The van der Waals surface area contributed by atoms with Crippen molar-refractivity contribution in [1.29, 1.82) is 0 Å². The normalized spacial score (nSPS) is 14.7. The molecular formula is C13H15N3O4. The van der Waals surface area contributed by atoms with E-state index in [4.69, 9.17) is 10.5 Å². The minimum Gasteiger partial charge on any atom is -0.378 e. The van der Waals surface area contributed by atoms with Gasteiger partial charge in [-0.3, -0.25) is 14.4 Å². The second-order valence-electron chi connectivity index (χ2n) is 4.30. The molecule has 0 unspecified atom stereocenters. The Morgan fingerprint density at radius 1 is 1.10 bits per heavy atom. The van der Waals surface area contributed by atoms with Crippen LogP contribution < -0.4 is 11.1 Å². The number of nitrogens with zero attached hydrogens (tertiary/aromatic N) is 1. The maximum Gasteiger partial charge on any atom is 0.313 e. The van der Waals surface area contributed by atoms with Crippen LogP contribution in [0.5, 0.6) is 0 Å². The fourth-order valence-corrected chi connectivity index (χ4v) is 1.81. The molecule has 2 rings (SSSR count). The maximum atomic E-state index is 11.9. The van der Waals surface area contributed by atoms with E-state index in [9.17, 15) is 14.4 Å². The highest BCUT2D eigenvalue weighted by Gasteiger charge is 2.23. The van der Waals surface area contributed by atoms with Gasteiger partial charge in [-0.2, -0.15) is 0 Å². The molecule has 1 aromatic rings. The second kappa shape index (κ2) is 6.16. The van der Waals surface area contributed by atoms with Gasteiger partial charge in [0.15, 0.2) is 0 Å². The van der Waals surface area contributed by atoms with Crippen LogP contribution in [0.1, 0.15) is 10.4 Å². The molecule has 3 amide bonds. The molecule has 1 saturated heterocycles. The molecule has 1 heterocycles. The van der Waals surface area contributed by atoms with Crippen molar-refractivity contribution >= 4 is 23.4 Å². The lowest BCUT2D eigenvalue weighted by atomic mass is 10.2. The zero-order chi connectivity index (χ0) is 14.5. The van der Waals surface area contributed by atoms with Crippen molar-refractivity contribution in [3.05, 3.63) is 29.8 Å². The molecule has 106 valence electrons. The minimum atomic E-state index is -0.710. The maximum absolute atomic E-state index is 11.9. The van der Waals surface area contributed by atoms with Crippen molar-refractivity contribution in [2.24, 2.45) is 5.73 Å². The van der Waals surface area contributed by atoms with E-state index in [1.165, 1.54) is 29.2 Å². The molecule has 1 aliphatic heterocycles. The Morgan fingerprint density at radius 2 is 1.70 bits per heavy atom. The first kappa shape index (κ1) is 14.0. The third-order valence-electron chi connectivity index (χ3n) is 2.92. The molecule has 0 atom stereocenters. The standard InChI is InChI=1S/C13H15N3O4/c14-11(17)9-1-3-10(4-2-9)15-12(18)13(19)16-5-7-20-8-6-16/h1-4H,5-8H2,(H2,14,17)(H,15,18). The van der Waals surface area contributed by atoms with Gasteiger partial charge in [0.2, 0.25) is 5.91 Å². The van der Waals surface area contributed by atoms with Crippen molar-refractivity contribution < 1.29 is 19.1 Å². The quantitative estimate of drug-likeness (QED) is 0.717. The van der Waals surface area contributed by atoms with E-state index >= 15 is 0 Å². The summed E-state index contributed by atoms with van der Waals surface area (Å²) in [5, 5.41) is 2.48. The second-order valence-corrected chi connectivity index (χ2v) is 4.30. The van der Waals surface area contributed by atoms with Gasteiger partial charge < -0.3 is 20.7 Å². The van der Waals surface area contributed by atoms with Crippen molar-refractivity contribution in [3.8, 4) is 0 Å². The van der Waals surface area contributed by atoms with Gasteiger partial charge in [-0.25, -0.2) is 0 Å². The highest BCUT2D eigenvalue weighted by molar-refractivity contribution is 6.39. The van der Waals surface area contributed by atoms with E-state index in [0.717, 1.165) is 0 Å².